The molecule has 104 valence electrons. The molecule has 0 saturated heterocycles. The summed E-state index contributed by atoms with van der Waals surface area (Å²) in [6, 6.07) is 15.7. The Kier molecular flexibility index (Phi) is 4.57. The average Bonchev–Trinajstić information content (AvgIpc) is 2.53. The predicted molar refractivity (Wildman–Crippen MR) is 82.2 cm³/mol. The van der Waals surface area contributed by atoms with Crippen LogP contribution in [0, 0.1) is 5.92 Å². The van der Waals surface area contributed by atoms with Crippen LogP contribution in [0.2, 0.25) is 0 Å². The summed E-state index contributed by atoms with van der Waals surface area (Å²) in [6.07, 6.45) is 0.874. The number of carbonyl (C=O) groups excluding carboxylic acids is 1. The zero-order valence-electron chi connectivity index (χ0n) is 12.2. The molecular weight excluding hydrogens is 248 g/mol. The van der Waals surface area contributed by atoms with E-state index in [4.69, 9.17) is 4.74 Å². The molecule has 0 heterocycles. The highest BCUT2D eigenvalue weighted by atomic mass is 16.5. The quantitative estimate of drug-likeness (QED) is 0.741. The molecule has 20 heavy (non-hydrogen) atoms. The standard InChI is InChI=1S/C18H20O2/c1-4-13(2)18(19)16-7-5-14(6-8-16)15-9-11-17(20-3)12-10-15/h5-13H,4H2,1-3H3/t13-/m0/s1. The van der Waals surface area contributed by atoms with Crippen molar-refractivity contribution in [3.63, 3.8) is 0 Å². The van der Waals surface area contributed by atoms with Gasteiger partial charge in [-0.15, -0.1) is 0 Å². The van der Waals surface area contributed by atoms with E-state index in [1.54, 1.807) is 7.11 Å². The van der Waals surface area contributed by atoms with Gasteiger partial charge in [0.15, 0.2) is 5.78 Å². The lowest BCUT2D eigenvalue weighted by Crippen LogP contribution is -2.09. The second-order valence-corrected chi connectivity index (χ2v) is 4.98. The first-order valence-corrected chi connectivity index (χ1v) is 6.94. The van der Waals surface area contributed by atoms with Crippen molar-refractivity contribution in [3.05, 3.63) is 54.1 Å². The highest BCUT2D eigenvalue weighted by molar-refractivity contribution is 5.98. The van der Waals surface area contributed by atoms with Gasteiger partial charge in [-0.25, -0.2) is 0 Å². The molecule has 0 unspecified atom stereocenters. The van der Waals surface area contributed by atoms with Gasteiger partial charge in [-0.2, -0.15) is 0 Å². The maximum Gasteiger partial charge on any atom is 0.165 e. The van der Waals surface area contributed by atoms with Crippen molar-refractivity contribution < 1.29 is 9.53 Å². The fraction of sp³-hybridized carbons (Fsp3) is 0.278. The van der Waals surface area contributed by atoms with Crippen molar-refractivity contribution in [1.29, 1.82) is 0 Å². The molecule has 0 fully saturated rings. The van der Waals surface area contributed by atoms with E-state index in [2.05, 4.69) is 0 Å². The zero-order valence-corrected chi connectivity index (χ0v) is 12.2. The van der Waals surface area contributed by atoms with Crippen LogP contribution in [0.4, 0.5) is 0 Å². The lowest BCUT2D eigenvalue weighted by Gasteiger charge is -2.08. The Morgan fingerprint density at radius 2 is 1.50 bits per heavy atom. The summed E-state index contributed by atoms with van der Waals surface area (Å²) < 4.78 is 5.15. The number of Topliss-reactive ketones (excluding diaryl/α,β-unsaturated/α-hetero) is 1. The smallest absolute Gasteiger partial charge is 0.165 e. The van der Waals surface area contributed by atoms with Crippen molar-refractivity contribution in [2.24, 2.45) is 5.92 Å². The first kappa shape index (κ1) is 14.3. The topological polar surface area (TPSA) is 26.3 Å². The van der Waals surface area contributed by atoms with E-state index in [1.165, 1.54) is 0 Å². The molecule has 2 nitrogen and oxygen atoms in total. The van der Waals surface area contributed by atoms with E-state index in [9.17, 15) is 4.79 Å². The van der Waals surface area contributed by atoms with Crippen LogP contribution in [0.3, 0.4) is 0 Å². The molecule has 0 amide bonds. The minimum absolute atomic E-state index is 0.0850. The number of ether oxygens (including phenoxy) is 1. The fourth-order valence-corrected chi connectivity index (χ4v) is 2.08. The molecule has 1 atom stereocenters. The van der Waals surface area contributed by atoms with Crippen LogP contribution >= 0.6 is 0 Å². The van der Waals surface area contributed by atoms with Gasteiger partial charge in [0, 0.05) is 11.5 Å². The first-order chi connectivity index (χ1) is 9.65. The van der Waals surface area contributed by atoms with E-state index >= 15 is 0 Å². The molecule has 0 saturated carbocycles. The molecule has 0 aliphatic carbocycles. The molecule has 0 bridgehead atoms. The normalized spacial score (nSPS) is 11.9. The second-order valence-electron chi connectivity index (χ2n) is 4.98. The van der Waals surface area contributed by atoms with Gasteiger partial charge in [-0.3, -0.25) is 4.79 Å². The summed E-state index contributed by atoms with van der Waals surface area (Å²) in [5.74, 6) is 1.15. The predicted octanol–water partition coefficient (Wildman–Crippen LogP) is 4.59. The highest BCUT2D eigenvalue weighted by Crippen LogP contribution is 2.23. The van der Waals surface area contributed by atoms with Crippen LogP contribution < -0.4 is 4.74 Å². The van der Waals surface area contributed by atoms with E-state index in [1.807, 2.05) is 62.4 Å². The van der Waals surface area contributed by atoms with Crippen LogP contribution in [0.5, 0.6) is 5.75 Å². The summed E-state index contributed by atoms with van der Waals surface area (Å²) in [4.78, 5) is 12.1. The van der Waals surface area contributed by atoms with Crippen molar-refractivity contribution in [3.8, 4) is 16.9 Å². The van der Waals surface area contributed by atoms with Gasteiger partial charge in [0.1, 0.15) is 5.75 Å². The lowest BCUT2D eigenvalue weighted by atomic mass is 9.95. The Morgan fingerprint density at radius 1 is 1.00 bits per heavy atom. The van der Waals surface area contributed by atoms with Gasteiger partial charge in [0.2, 0.25) is 0 Å². The molecule has 2 rings (SSSR count). The van der Waals surface area contributed by atoms with Gasteiger partial charge in [-0.1, -0.05) is 50.2 Å². The summed E-state index contributed by atoms with van der Waals surface area (Å²) in [6.45, 7) is 4.01. The minimum Gasteiger partial charge on any atom is -0.497 e. The largest absolute Gasteiger partial charge is 0.497 e. The number of hydrogen-bond donors (Lipinski definition) is 0. The lowest BCUT2D eigenvalue weighted by molar-refractivity contribution is 0.0927. The average molecular weight is 268 g/mol. The highest BCUT2D eigenvalue weighted by Gasteiger charge is 2.12. The second kappa shape index (κ2) is 6.38. The van der Waals surface area contributed by atoms with E-state index in [0.717, 1.165) is 28.9 Å². The van der Waals surface area contributed by atoms with E-state index in [-0.39, 0.29) is 11.7 Å². The van der Waals surface area contributed by atoms with Crippen LogP contribution in [0.25, 0.3) is 11.1 Å². The van der Waals surface area contributed by atoms with Crippen LogP contribution in [0.1, 0.15) is 30.6 Å². The Hall–Kier alpha value is -2.09. The number of methoxy groups -OCH3 is 1. The number of hydrogen-bond acceptors (Lipinski definition) is 2. The fourth-order valence-electron chi connectivity index (χ4n) is 2.08. The van der Waals surface area contributed by atoms with Crippen molar-refractivity contribution in [2.45, 2.75) is 20.3 Å². The molecule has 0 N–H and O–H groups in total. The number of carbonyl (C=O) groups is 1. The number of rotatable bonds is 5. The first-order valence-electron chi connectivity index (χ1n) is 6.94. The molecule has 2 aromatic carbocycles. The molecule has 2 aromatic rings. The Morgan fingerprint density at radius 3 is 1.95 bits per heavy atom. The van der Waals surface area contributed by atoms with Crippen molar-refractivity contribution in [1.82, 2.24) is 0 Å². The molecule has 0 aromatic heterocycles. The minimum atomic E-state index is 0.0850. The Labute approximate surface area is 120 Å². The van der Waals surface area contributed by atoms with Crippen molar-refractivity contribution in [2.75, 3.05) is 7.11 Å². The van der Waals surface area contributed by atoms with Gasteiger partial charge in [0.25, 0.3) is 0 Å². The summed E-state index contributed by atoms with van der Waals surface area (Å²) >= 11 is 0. The molecular formula is C18H20O2. The van der Waals surface area contributed by atoms with Crippen molar-refractivity contribution >= 4 is 5.78 Å². The van der Waals surface area contributed by atoms with E-state index < -0.39 is 0 Å². The van der Waals surface area contributed by atoms with Crippen LogP contribution in [0.15, 0.2) is 48.5 Å². The third-order valence-corrected chi connectivity index (χ3v) is 3.65. The monoisotopic (exact) mass is 268 g/mol. The summed E-state index contributed by atoms with van der Waals surface area (Å²) in [7, 11) is 1.66. The third kappa shape index (κ3) is 3.08. The van der Waals surface area contributed by atoms with E-state index in [0.29, 0.717) is 0 Å². The Bertz CT molecular complexity index is 567. The third-order valence-electron chi connectivity index (χ3n) is 3.65. The molecule has 2 heteroatoms. The molecule has 0 radical (unpaired) electrons. The SMILES string of the molecule is CC[C@H](C)C(=O)c1ccc(-c2ccc(OC)cc2)cc1. The summed E-state index contributed by atoms with van der Waals surface area (Å²) in [5, 5.41) is 0. The van der Waals surface area contributed by atoms with Gasteiger partial charge >= 0.3 is 0 Å². The Balaban J connectivity index is 2.21. The van der Waals surface area contributed by atoms with Crippen LogP contribution in [-0.4, -0.2) is 12.9 Å². The van der Waals surface area contributed by atoms with Gasteiger partial charge < -0.3 is 4.74 Å². The summed E-state index contributed by atoms with van der Waals surface area (Å²) in [5.41, 5.74) is 3.01. The van der Waals surface area contributed by atoms with Crippen LogP contribution in [-0.2, 0) is 0 Å². The van der Waals surface area contributed by atoms with Gasteiger partial charge in [0.05, 0.1) is 7.11 Å². The maximum atomic E-state index is 12.1. The van der Waals surface area contributed by atoms with Gasteiger partial charge in [-0.05, 0) is 29.7 Å². The zero-order chi connectivity index (χ0) is 14.5. The molecule has 0 aliphatic rings. The number of benzene rings is 2. The number of ketones is 1. The maximum absolute atomic E-state index is 12.1. The molecule has 0 spiro atoms. The molecule has 0 aliphatic heterocycles.